The van der Waals surface area contributed by atoms with Crippen molar-refractivity contribution in [2.75, 3.05) is 17.2 Å². The molecule has 7 nitrogen and oxygen atoms in total. The van der Waals surface area contributed by atoms with E-state index in [1.54, 1.807) is 42.5 Å². The summed E-state index contributed by atoms with van der Waals surface area (Å²) < 4.78 is 5.71. The second-order valence-electron chi connectivity index (χ2n) is 9.45. The van der Waals surface area contributed by atoms with Crippen molar-refractivity contribution >= 4 is 46.9 Å². The van der Waals surface area contributed by atoms with E-state index >= 15 is 0 Å². The molecule has 0 fully saturated rings. The Morgan fingerprint density at radius 2 is 1.55 bits per heavy atom. The van der Waals surface area contributed by atoms with Crippen molar-refractivity contribution in [1.29, 1.82) is 0 Å². The first-order valence-corrected chi connectivity index (χ1v) is 14.5. The van der Waals surface area contributed by atoms with Crippen LogP contribution in [0.25, 0.3) is 6.08 Å². The standard InChI is InChI=1S/C34H33N3O4S/c1-4-41-31-16-9-8-14-26(31)22-30(37-33(39)25-12-6-5-7-13-25)34(40)35-27-17-19-29(20-18-27)42-24(3)32(38)36-28-15-10-11-23(2)21-28/h5-22,24H,4H2,1-3H3,(H,35,40)(H,36,38)(H,37,39)/b30-22-. The molecule has 3 amide bonds. The number of aryl methyl sites for hydroxylation is 1. The molecule has 0 spiro atoms. The Morgan fingerprint density at radius 3 is 2.26 bits per heavy atom. The van der Waals surface area contributed by atoms with E-state index in [1.165, 1.54) is 11.8 Å². The van der Waals surface area contributed by atoms with Crippen molar-refractivity contribution in [3.8, 4) is 5.75 Å². The summed E-state index contributed by atoms with van der Waals surface area (Å²) in [7, 11) is 0. The number of carbonyl (C=O) groups excluding carboxylic acids is 3. The monoisotopic (exact) mass is 579 g/mol. The number of anilines is 2. The van der Waals surface area contributed by atoms with Gasteiger partial charge in [-0.1, -0.05) is 48.5 Å². The summed E-state index contributed by atoms with van der Waals surface area (Å²) in [5.41, 5.74) is 3.52. The van der Waals surface area contributed by atoms with Gasteiger partial charge in [-0.3, -0.25) is 14.4 Å². The van der Waals surface area contributed by atoms with E-state index in [9.17, 15) is 14.4 Å². The lowest BCUT2D eigenvalue weighted by Gasteiger charge is -2.14. The maximum atomic E-state index is 13.4. The smallest absolute Gasteiger partial charge is 0.272 e. The molecule has 4 aromatic rings. The lowest BCUT2D eigenvalue weighted by Crippen LogP contribution is -2.30. The fourth-order valence-electron chi connectivity index (χ4n) is 4.02. The van der Waals surface area contributed by atoms with Crippen LogP contribution >= 0.6 is 11.8 Å². The molecule has 42 heavy (non-hydrogen) atoms. The fraction of sp³-hybridized carbons (Fsp3) is 0.147. The quantitative estimate of drug-likeness (QED) is 0.132. The Morgan fingerprint density at radius 1 is 0.833 bits per heavy atom. The second-order valence-corrected chi connectivity index (χ2v) is 10.9. The molecule has 0 saturated heterocycles. The van der Waals surface area contributed by atoms with Gasteiger partial charge in [-0.05, 0) is 87.0 Å². The minimum absolute atomic E-state index is 0.0656. The van der Waals surface area contributed by atoms with Crippen LogP contribution in [0.4, 0.5) is 11.4 Å². The highest BCUT2D eigenvalue weighted by atomic mass is 32.2. The van der Waals surface area contributed by atoms with Gasteiger partial charge < -0.3 is 20.7 Å². The van der Waals surface area contributed by atoms with Crippen molar-refractivity contribution in [1.82, 2.24) is 5.32 Å². The number of benzene rings is 4. The summed E-state index contributed by atoms with van der Waals surface area (Å²) >= 11 is 1.42. The molecule has 4 aromatic carbocycles. The first kappa shape index (κ1) is 30.1. The van der Waals surface area contributed by atoms with Gasteiger partial charge in [0.05, 0.1) is 11.9 Å². The SMILES string of the molecule is CCOc1ccccc1/C=C(\NC(=O)c1ccccc1)C(=O)Nc1ccc(SC(C)C(=O)Nc2cccc(C)c2)cc1. The number of nitrogens with one attached hydrogen (secondary N) is 3. The molecule has 0 aliphatic heterocycles. The molecular formula is C34H33N3O4S. The van der Waals surface area contributed by atoms with Gasteiger partial charge in [0, 0.05) is 27.4 Å². The Labute approximate surface area is 250 Å². The van der Waals surface area contributed by atoms with Crippen LogP contribution in [0, 0.1) is 6.92 Å². The Hall–Kier alpha value is -4.82. The molecule has 1 atom stereocenters. The number of amides is 3. The maximum Gasteiger partial charge on any atom is 0.272 e. The highest BCUT2D eigenvalue weighted by molar-refractivity contribution is 8.00. The van der Waals surface area contributed by atoms with E-state index in [0.717, 1.165) is 16.1 Å². The normalized spacial score (nSPS) is 11.7. The number of para-hydroxylation sites is 1. The fourth-order valence-corrected chi connectivity index (χ4v) is 4.89. The summed E-state index contributed by atoms with van der Waals surface area (Å²) in [5, 5.41) is 8.22. The molecule has 1 unspecified atom stereocenters. The first-order valence-electron chi connectivity index (χ1n) is 13.6. The van der Waals surface area contributed by atoms with Gasteiger partial charge in [-0.2, -0.15) is 0 Å². The van der Waals surface area contributed by atoms with Crippen molar-refractivity contribution < 1.29 is 19.1 Å². The number of carbonyl (C=O) groups is 3. The van der Waals surface area contributed by atoms with Crippen LogP contribution in [0.2, 0.25) is 0 Å². The minimum atomic E-state index is -0.489. The van der Waals surface area contributed by atoms with Gasteiger partial charge in [0.2, 0.25) is 5.91 Å². The van der Waals surface area contributed by atoms with Crippen LogP contribution in [0.1, 0.15) is 35.3 Å². The lowest BCUT2D eigenvalue weighted by molar-refractivity contribution is -0.115. The first-order chi connectivity index (χ1) is 20.3. The van der Waals surface area contributed by atoms with Gasteiger partial charge >= 0.3 is 0 Å². The Balaban J connectivity index is 1.46. The Bertz CT molecular complexity index is 1570. The summed E-state index contributed by atoms with van der Waals surface area (Å²) in [4.78, 5) is 39.9. The minimum Gasteiger partial charge on any atom is -0.493 e. The number of hydrogen-bond donors (Lipinski definition) is 3. The van der Waals surface area contributed by atoms with E-state index in [4.69, 9.17) is 4.74 Å². The van der Waals surface area contributed by atoms with E-state index in [1.807, 2.05) is 87.5 Å². The average molecular weight is 580 g/mol. The number of hydrogen-bond acceptors (Lipinski definition) is 5. The molecule has 0 aromatic heterocycles. The van der Waals surface area contributed by atoms with Crippen LogP contribution in [-0.4, -0.2) is 29.6 Å². The highest BCUT2D eigenvalue weighted by Crippen LogP contribution is 2.26. The van der Waals surface area contributed by atoms with Gasteiger partial charge in [0.15, 0.2) is 0 Å². The zero-order valence-corrected chi connectivity index (χ0v) is 24.5. The molecular weight excluding hydrogens is 546 g/mol. The highest BCUT2D eigenvalue weighted by Gasteiger charge is 2.17. The molecule has 0 bridgehead atoms. The van der Waals surface area contributed by atoms with Gasteiger partial charge in [0.25, 0.3) is 11.8 Å². The summed E-state index contributed by atoms with van der Waals surface area (Å²) in [6.45, 7) is 6.16. The topological polar surface area (TPSA) is 96.5 Å². The van der Waals surface area contributed by atoms with E-state index < -0.39 is 11.8 Å². The predicted molar refractivity (Wildman–Crippen MR) is 170 cm³/mol. The largest absolute Gasteiger partial charge is 0.493 e. The molecule has 0 radical (unpaired) electrons. The van der Waals surface area contributed by atoms with Crippen LogP contribution < -0.4 is 20.7 Å². The summed E-state index contributed by atoms with van der Waals surface area (Å²) in [6, 6.07) is 30.9. The van der Waals surface area contributed by atoms with Crippen molar-refractivity contribution in [3.05, 3.63) is 126 Å². The molecule has 8 heteroatoms. The van der Waals surface area contributed by atoms with Crippen LogP contribution in [0.5, 0.6) is 5.75 Å². The van der Waals surface area contributed by atoms with Gasteiger partial charge in [0.1, 0.15) is 11.4 Å². The van der Waals surface area contributed by atoms with Gasteiger partial charge in [-0.25, -0.2) is 0 Å². The zero-order valence-electron chi connectivity index (χ0n) is 23.7. The third-order valence-corrected chi connectivity index (χ3v) is 7.24. The molecule has 214 valence electrons. The number of thioether (sulfide) groups is 1. The van der Waals surface area contributed by atoms with E-state index in [2.05, 4.69) is 16.0 Å². The lowest BCUT2D eigenvalue weighted by atomic mass is 10.1. The van der Waals surface area contributed by atoms with E-state index in [-0.39, 0.29) is 16.9 Å². The second kappa shape index (κ2) is 14.7. The zero-order chi connectivity index (χ0) is 29.9. The molecule has 0 aliphatic rings. The van der Waals surface area contributed by atoms with E-state index in [0.29, 0.717) is 29.2 Å². The van der Waals surface area contributed by atoms with Crippen molar-refractivity contribution in [2.24, 2.45) is 0 Å². The molecule has 3 N–H and O–H groups in total. The summed E-state index contributed by atoms with van der Waals surface area (Å²) in [6.07, 6.45) is 1.60. The maximum absolute atomic E-state index is 13.4. The Kier molecular flexibility index (Phi) is 10.6. The molecule has 4 rings (SSSR count). The van der Waals surface area contributed by atoms with Crippen LogP contribution in [-0.2, 0) is 9.59 Å². The average Bonchev–Trinajstić information content (AvgIpc) is 2.99. The van der Waals surface area contributed by atoms with Gasteiger partial charge in [-0.15, -0.1) is 11.8 Å². The van der Waals surface area contributed by atoms with Crippen molar-refractivity contribution in [2.45, 2.75) is 30.9 Å². The molecule has 0 saturated carbocycles. The van der Waals surface area contributed by atoms with Crippen LogP contribution in [0.15, 0.2) is 114 Å². The molecule has 0 aliphatic carbocycles. The molecule has 0 heterocycles. The number of rotatable bonds is 11. The summed E-state index contributed by atoms with van der Waals surface area (Å²) in [5.74, 6) is -0.395. The third kappa shape index (κ3) is 8.59. The number of ether oxygens (including phenoxy) is 1. The van der Waals surface area contributed by atoms with Crippen LogP contribution in [0.3, 0.4) is 0 Å². The predicted octanol–water partition coefficient (Wildman–Crippen LogP) is 6.92. The van der Waals surface area contributed by atoms with Crippen molar-refractivity contribution in [3.63, 3.8) is 0 Å². The third-order valence-electron chi connectivity index (χ3n) is 6.13.